The van der Waals surface area contributed by atoms with E-state index in [0.717, 1.165) is 12.1 Å². The van der Waals surface area contributed by atoms with Crippen molar-refractivity contribution in [3.8, 4) is 17.1 Å². The molecule has 0 amide bonds. The van der Waals surface area contributed by atoms with E-state index in [9.17, 15) is 8.78 Å². The van der Waals surface area contributed by atoms with Crippen LogP contribution in [0.25, 0.3) is 17.1 Å². The molecule has 0 aliphatic heterocycles. The Kier molecular flexibility index (Phi) is 3.38. The van der Waals surface area contributed by atoms with Gasteiger partial charge in [-0.3, -0.25) is 0 Å². The molecule has 0 saturated heterocycles. The van der Waals surface area contributed by atoms with Crippen LogP contribution in [-0.4, -0.2) is 20.2 Å². The molecule has 0 aliphatic rings. The molecular formula is C13H8BrF2N5. The molecule has 2 N–H and O–H groups in total. The van der Waals surface area contributed by atoms with Gasteiger partial charge in [0.25, 0.3) is 0 Å². The summed E-state index contributed by atoms with van der Waals surface area (Å²) in [6, 6.07) is 8.29. The van der Waals surface area contributed by atoms with Gasteiger partial charge in [0.05, 0.1) is 0 Å². The van der Waals surface area contributed by atoms with Gasteiger partial charge in [0.1, 0.15) is 11.5 Å². The van der Waals surface area contributed by atoms with E-state index in [4.69, 9.17) is 5.73 Å². The van der Waals surface area contributed by atoms with Crippen molar-refractivity contribution in [1.82, 2.24) is 20.2 Å². The fourth-order valence-electron chi connectivity index (χ4n) is 1.88. The zero-order valence-electron chi connectivity index (χ0n) is 10.5. The zero-order chi connectivity index (χ0) is 15.0. The van der Waals surface area contributed by atoms with Crippen LogP contribution in [0.3, 0.4) is 0 Å². The van der Waals surface area contributed by atoms with E-state index < -0.39 is 11.6 Å². The lowest BCUT2D eigenvalue weighted by Crippen LogP contribution is -2.03. The van der Waals surface area contributed by atoms with Crippen molar-refractivity contribution in [2.45, 2.75) is 0 Å². The number of anilines is 1. The van der Waals surface area contributed by atoms with Crippen LogP contribution in [-0.2, 0) is 0 Å². The van der Waals surface area contributed by atoms with Crippen molar-refractivity contribution in [3.05, 3.63) is 52.5 Å². The summed E-state index contributed by atoms with van der Waals surface area (Å²) in [5.41, 5.74) is 6.91. The summed E-state index contributed by atoms with van der Waals surface area (Å²) in [6.07, 6.45) is 0. The van der Waals surface area contributed by atoms with Crippen molar-refractivity contribution in [2.75, 3.05) is 5.73 Å². The first-order valence-corrected chi connectivity index (χ1v) is 6.65. The summed E-state index contributed by atoms with van der Waals surface area (Å²) in [7, 11) is 0. The van der Waals surface area contributed by atoms with E-state index in [2.05, 4.69) is 31.5 Å². The van der Waals surface area contributed by atoms with Crippen molar-refractivity contribution in [1.29, 1.82) is 0 Å². The largest absolute Gasteiger partial charge is 0.399 e. The Morgan fingerprint density at radius 3 is 2.67 bits per heavy atom. The molecule has 0 spiro atoms. The number of nitrogens with two attached hydrogens (primary N) is 1. The number of benzene rings is 2. The summed E-state index contributed by atoms with van der Waals surface area (Å²) in [5, 5.41) is 11.2. The molecular weight excluding hydrogens is 344 g/mol. The van der Waals surface area contributed by atoms with E-state index in [0.29, 0.717) is 21.5 Å². The van der Waals surface area contributed by atoms with Crippen molar-refractivity contribution in [2.24, 2.45) is 0 Å². The minimum atomic E-state index is -0.761. The van der Waals surface area contributed by atoms with Crippen LogP contribution in [0.5, 0.6) is 0 Å². The Labute approximate surface area is 126 Å². The second kappa shape index (κ2) is 5.21. The van der Waals surface area contributed by atoms with E-state index >= 15 is 0 Å². The fraction of sp³-hybridized carbons (Fsp3) is 0. The van der Waals surface area contributed by atoms with Gasteiger partial charge < -0.3 is 5.73 Å². The third-order valence-corrected chi connectivity index (χ3v) is 3.53. The van der Waals surface area contributed by atoms with Crippen LogP contribution in [0.4, 0.5) is 14.5 Å². The molecule has 2 aromatic carbocycles. The van der Waals surface area contributed by atoms with Gasteiger partial charge >= 0.3 is 0 Å². The van der Waals surface area contributed by atoms with E-state index in [1.54, 1.807) is 18.2 Å². The maximum absolute atomic E-state index is 13.9. The standard InChI is InChI=1S/C13H8BrF2N5/c14-10-3-2-8(17)6-9(10)13-18-19-20-21(13)12-4-1-7(15)5-11(12)16/h1-6H,17H2. The lowest BCUT2D eigenvalue weighted by Gasteiger charge is -2.08. The summed E-state index contributed by atoms with van der Waals surface area (Å²) >= 11 is 3.37. The van der Waals surface area contributed by atoms with Crippen LogP contribution in [0.1, 0.15) is 0 Å². The number of nitrogen functional groups attached to an aromatic ring is 1. The first-order chi connectivity index (χ1) is 10.1. The number of nitrogens with zero attached hydrogens (tertiary/aromatic N) is 4. The first-order valence-electron chi connectivity index (χ1n) is 5.85. The summed E-state index contributed by atoms with van der Waals surface area (Å²) in [6.45, 7) is 0. The summed E-state index contributed by atoms with van der Waals surface area (Å²) in [4.78, 5) is 0. The normalized spacial score (nSPS) is 10.8. The van der Waals surface area contributed by atoms with Gasteiger partial charge in [0.15, 0.2) is 11.6 Å². The van der Waals surface area contributed by atoms with Gasteiger partial charge in [-0.1, -0.05) is 15.9 Å². The highest BCUT2D eigenvalue weighted by Gasteiger charge is 2.17. The summed E-state index contributed by atoms with van der Waals surface area (Å²) < 4.78 is 28.8. The quantitative estimate of drug-likeness (QED) is 0.720. The number of aromatic nitrogens is 4. The van der Waals surface area contributed by atoms with Crippen molar-refractivity contribution in [3.63, 3.8) is 0 Å². The molecule has 3 rings (SSSR count). The highest BCUT2D eigenvalue weighted by Crippen LogP contribution is 2.30. The molecule has 0 unspecified atom stereocenters. The van der Waals surface area contributed by atoms with Crippen LogP contribution in [0, 0.1) is 11.6 Å². The minimum Gasteiger partial charge on any atom is -0.399 e. The van der Waals surface area contributed by atoms with Gasteiger partial charge in [-0.2, -0.15) is 4.68 Å². The van der Waals surface area contributed by atoms with Crippen LogP contribution in [0.2, 0.25) is 0 Å². The van der Waals surface area contributed by atoms with Crippen LogP contribution < -0.4 is 5.73 Å². The van der Waals surface area contributed by atoms with Crippen molar-refractivity contribution < 1.29 is 8.78 Å². The minimum absolute atomic E-state index is 0.0470. The highest BCUT2D eigenvalue weighted by molar-refractivity contribution is 9.10. The first kappa shape index (κ1) is 13.6. The maximum Gasteiger partial charge on any atom is 0.188 e. The molecule has 0 aliphatic carbocycles. The summed E-state index contributed by atoms with van der Waals surface area (Å²) in [5.74, 6) is -1.14. The third kappa shape index (κ3) is 2.49. The Bertz CT molecular complexity index is 818. The predicted octanol–water partition coefficient (Wildman–Crippen LogP) is 2.95. The lowest BCUT2D eigenvalue weighted by atomic mass is 10.2. The monoisotopic (exact) mass is 351 g/mol. The average Bonchev–Trinajstić information content (AvgIpc) is 2.90. The van der Waals surface area contributed by atoms with Gasteiger partial charge in [-0.25, -0.2) is 8.78 Å². The molecule has 0 saturated carbocycles. The molecule has 106 valence electrons. The Morgan fingerprint density at radius 1 is 1.10 bits per heavy atom. The average molecular weight is 352 g/mol. The molecule has 0 bridgehead atoms. The van der Waals surface area contributed by atoms with E-state index in [1.807, 2.05) is 0 Å². The number of rotatable bonds is 2. The highest BCUT2D eigenvalue weighted by atomic mass is 79.9. The van der Waals surface area contributed by atoms with Crippen LogP contribution >= 0.6 is 15.9 Å². The lowest BCUT2D eigenvalue weighted by molar-refractivity contribution is 0.572. The number of halogens is 3. The molecule has 5 nitrogen and oxygen atoms in total. The predicted molar refractivity (Wildman–Crippen MR) is 76.6 cm³/mol. The molecule has 8 heteroatoms. The van der Waals surface area contributed by atoms with Gasteiger partial charge in [0.2, 0.25) is 0 Å². The molecule has 0 atom stereocenters. The Hall–Kier alpha value is -2.35. The van der Waals surface area contributed by atoms with Crippen molar-refractivity contribution >= 4 is 21.6 Å². The molecule has 0 fully saturated rings. The van der Waals surface area contributed by atoms with Gasteiger partial charge in [0, 0.05) is 21.8 Å². The topological polar surface area (TPSA) is 69.6 Å². The maximum atomic E-state index is 13.9. The van der Waals surface area contributed by atoms with Gasteiger partial charge in [-0.15, -0.1) is 5.10 Å². The second-order valence-corrected chi connectivity index (χ2v) is 5.10. The molecule has 1 aromatic heterocycles. The van der Waals surface area contributed by atoms with E-state index in [1.165, 1.54) is 10.7 Å². The number of tetrazole rings is 1. The number of hydrogen-bond acceptors (Lipinski definition) is 4. The van der Waals surface area contributed by atoms with Crippen LogP contribution in [0.15, 0.2) is 40.9 Å². The molecule has 1 heterocycles. The zero-order valence-corrected chi connectivity index (χ0v) is 12.1. The van der Waals surface area contributed by atoms with Gasteiger partial charge in [-0.05, 0) is 40.8 Å². The number of hydrogen-bond donors (Lipinski definition) is 1. The molecule has 3 aromatic rings. The third-order valence-electron chi connectivity index (χ3n) is 2.84. The Balaban J connectivity index is 2.19. The Morgan fingerprint density at radius 2 is 1.90 bits per heavy atom. The fourth-order valence-corrected chi connectivity index (χ4v) is 2.31. The molecule has 21 heavy (non-hydrogen) atoms. The van der Waals surface area contributed by atoms with E-state index in [-0.39, 0.29) is 5.69 Å². The second-order valence-electron chi connectivity index (χ2n) is 4.25. The smallest absolute Gasteiger partial charge is 0.188 e. The SMILES string of the molecule is Nc1ccc(Br)c(-c2nnnn2-c2ccc(F)cc2F)c1. The molecule has 0 radical (unpaired) electrons.